The molecule has 0 saturated heterocycles. The van der Waals surface area contributed by atoms with Gasteiger partial charge in [0.05, 0.1) is 17.1 Å². The summed E-state index contributed by atoms with van der Waals surface area (Å²) >= 11 is 0. The standard InChI is InChI=1S/C36H32N2/c1-5-11-28-26(8-4)32(12-6-2)38(33(28)13-7-3)34-22-18-25-16-20-29-27(31-14-9-10-23-37-31)19-15-24-17-21-30(34)36(25)35(24)29/h5-7,9-23H,8H2,1-4H3/b11-5-,12-6-,13-7-. The van der Waals surface area contributed by atoms with E-state index in [2.05, 4.69) is 134 Å². The summed E-state index contributed by atoms with van der Waals surface area (Å²) in [5.74, 6) is 0. The molecule has 6 aromatic rings. The number of nitrogens with zero attached hydrogens (tertiary/aromatic N) is 2. The largest absolute Gasteiger partial charge is 0.309 e. The Kier molecular flexibility index (Phi) is 6.17. The van der Waals surface area contributed by atoms with Crippen LogP contribution in [0.25, 0.3) is 67.5 Å². The van der Waals surface area contributed by atoms with Crippen LogP contribution in [-0.4, -0.2) is 9.55 Å². The first-order valence-corrected chi connectivity index (χ1v) is 13.5. The Morgan fingerprint density at radius 1 is 0.684 bits per heavy atom. The van der Waals surface area contributed by atoms with Gasteiger partial charge in [-0.25, -0.2) is 0 Å². The molecule has 0 aliphatic rings. The van der Waals surface area contributed by atoms with E-state index in [1.54, 1.807) is 0 Å². The number of aromatic nitrogens is 2. The Bertz CT molecular complexity index is 1860. The van der Waals surface area contributed by atoms with Crippen molar-refractivity contribution < 1.29 is 0 Å². The average Bonchev–Trinajstić information content (AvgIpc) is 3.24. The summed E-state index contributed by atoms with van der Waals surface area (Å²) in [6.07, 6.45) is 16.1. The zero-order valence-electron chi connectivity index (χ0n) is 22.5. The molecule has 4 aromatic carbocycles. The van der Waals surface area contributed by atoms with Gasteiger partial charge < -0.3 is 4.57 Å². The lowest BCUT2D eigenvalue weighted by Crippen LogP contribution is -2.02. The Balaban J connectivity index is 1.76. The van der Waals surface area contributed by atoms with Crippen molar-refractivity contribution in [3.8, 4) is 16.9 Å². The van der Waals surface area contributed by atoms with Crippen LogP contribution < -0.4 is 0 Å². The Morgan fingerprint density at radius 2 is 1.34 bits per heavy atom. The van der Waals surface area contributed by atoms with Crippen molar-refractivity contribution in [2.24, 2.45) is 0 Å². The van der Waals surface area contributed by atoms with E-state index in [1.807, 2.05) is 12.3 Å². The van der Waals surface area contributed by atoms with Crippen molar-refractivity contribution in [1.82, 2.24) is 9.55 Å². The van der Waals surface area contributed by atoms with Crippen molar-refractivity contribution in [2.45, 2.75) is 34.1 Å². The van der Waals surface area contributed by atoms with E-state index in [0.29, 0.717) is 0 Å². The Morgan fingerprint density at radius 3 is 2.03 bits per heavy atom. The molecule has 0 fully saturated rings. The van der Waals surface area contributed by atoms with Crippen LogP contribution in [0.1, 0.15) is 50.2 Å². The van der Waals surface area contributed by atoms with E-state index in [1.165, 1.54) is 66.1 Å². The first kappa shape index (κ1) is 23.9. The second-order valence-corrected chi connectivity index (χ2v) is 9.69. The lowest BCUT2D eigenvalue weighted by Gasteiger charge is -2.18. The second-order valence-electron chi connectivity index (χ2n) is 9.69. The molecule has 2 heteroatoms. The van der Waals surface area contributed by atoms with Crippen LogP contribution in [0.2, 0.25) is 0 Å². The van der Waals surface area contributed by atoms with Gasteiger partial charge in [0.2, 0.25) is 0 Å². The predicted octanol–water partition coefficient (Wildman–Crippen LogP) is 10.1. The number of pyridine rings is 1. The van der Waals surface area contributed by atoms with Gasteiger partial charge in [0, 0.05) is 28.4 Å². The zero-order valence-corrected chi connectivity index (χ0v) is 22.5. The normalized spacial score (nSPS) is 12.5. The summed E-state index contributed by atoms with van der Waals surface area (Å²) in [6, 6.07) is 24.3. The smallest absolute Gasteiger partial charge is 0.0708 e. The molecule has 0 saturated carbocycles. The molecule has 0 unspecified atom stereocenters. The minimum Gasteiger partial charge on any atom is -0.309 e. The number of allylic oxidation sites excluding steroid dienone is 3. The Labute approximate surface area is 224 Å². The molecular weight excluding hydrogens is 460 g/mol. The van der Waals surface area contributed by atoms with E-state index in [4.69, 9.17) is 0 Å². The minimum atomic E-state index is 0.968. The van der Waals surface area contributed by atoms with Crippen LogP contribution in [0.15, 0.2) is 91.2 Å². The SMILES string of the molecule is C/C=C\c1c(CC)c(/C=C\C)n(-c2ccc3ccc4c(-c5ccccn5)ccc5ccc2c3c54)c1/C=C\C. The van der Waals surface area contributed by atoms with E-state index < -0.39 is 0 Å². The molecule has 2 heterocycles. The number of rotatable bonds is 6. The molecule has 2 aromatic heterocycles. The maximum Gasteiger partial charge on any atom is 0.0708 e. The molecule has 0 atom stereocenters. The summed E-state index contributed by atoms with van der Waals surface area (Å²) < 4.78 is 2.46. The molecule has 38 heavy (non-hydrogen) atoms. The molecule has 2 nitrogen and oxygen atoms in total. The van der Waals surface area contributed by atoms with Gasteiger partial charge in [-0.05, 0) is 90.0 Å². The molecule has 0 N–H and O–H groups in total. The third-order valence-electron chi connectivity index (χ3n) is 7.55. The van der Waals surface area contributed by atoms with E-state index >= 15 is 0 Å². The molecule has 0 radical (unpaired) electrons. The lowest BCUT2D eigenvalue weighted by molar-refractivity contribution is 1.03. The molecule has 0 aliphatic carbocycles. The van der Waals surface area contributed by atoms with E-state index in [0.717, 1.165) is 12.1 Å². The maximum atomic E-state index is 4.67. The predicted molar refractivity (Wildman–Crippen MR) is 166 cm³/mol. The summed E-state index contributed by atoms with van der Waals surface area (Å²) in [5, 5.41) is 7.65. The van der Waals surface area contributed by atoms with Crippen molar-refractivity contribution in [3.05, 3.63) is 114 Å². The fraction of sp³-hybridized carbons (Fsp3) is 0.139. The van der Waals surface area contributed by atoms with Gasteiger partial charge >= 0.3 is 0 Å². The van der Waals surface area contributed by atoms with Crippen LogP contribution >= 0.6 is 0 Å². The third kappa shape index (κ3) is 3.60. The summed E-state index contributed by atoms with van der Waals surface area (Å²) in [4.78, 5) is 4.67. The monoisotopic (exact) mass is 492 g/mol. The van der Waals surface area contributed by atoms with Crippen LogP contribution in [0.3, 0.4) is 0 Å². The molecule has 0 amide bonds. The molecule has 0 aliphatic heterocycles. The number of hydrogen-bond acceptors (Lipinski definition) is 1. The van der Waals surface area contributed by atoms with Gasteiger partial charge in [-0.1, -0.05) is 79.8 Å². The van der Waals surface area contributed by atoms with Crippen LogP contribution in [0, 0.1) is 0 Å². The molecule has 0 bridgehead atoms. The first-order chi connectivity index (χ1) is 18.7. The number of hydrogen-bond donors (Lipinski definition) is 0. The molecular formula is C36H32N2. The summed E-state index contributed by atoms with van der Waals surface area (Å²) in [6.45, 7) is 8.55. The Hall–Kier alpha value is -4.43. The minimum absolute atomic E-state index is 0.968. The molecule has 186 valence electrons. The topological polar surface area (TPSA) is 17.8 Å². The fourth-order valence-electron chi connectivity index (χ4n) is 6.04. The highest BCUT2D eigenvalue weighted by Crippen LogP contribution is 2.42. The highest BCUT2D eigenvalue weighted by atomic mass is 15.0. The van der Waals surface area contributed by atoms with Gasteiger partial charge in [0.15, 0.2) is 0 Å². The summed E-state index contributed by atoms with van der Waals surface area (Å²) in [5.41, 5.74) is 8.53. The van der Waals surface area contributed by atoms with Crippen molar-refractivity contribution >= 4 is 50.5 Å². The van der Waals surface area contributed by atoms with Gasteiger partial charge in [-0.2, -0.15) is 0 Å². The average molecular weight is 493 g/mol. The first-order valence-electron chi connectivity index (χ1n) is 13.5. The highest BCUT2D eigenvalue weighted by Gasteiger charge is 2.21. The maximum absolute atomic E-state index is 4.67. The fourth-order valence-corrected chi connectivity index (χ4v) is 6.04. The highest BCUT2D eigenvalue weighted by molar-refractivity contribution is 6.26. The van der Waals surface area contributed by atoms with Gasteiger partial charge in [-0.3, -0.25) is 4.98 Å². The van der Waals surface area contributed by atoms with E-state index in [9.17, 15) is 0 Å². The van der Waals surface area contributed by atoms with Gasteiger partial charge in [0.25, 0.3) is 0 Å². The lowest BCUT2D eigenvalue weighted by atomic mass is 9.90. The van der Waals surface area contributed by atoms with Crippen molar-refractivity contribution in [2.75, 3.05) is 0 Å². The second kappa shape index (κ2) is 9.79. The number of benzene rings is 4. The van der Waals surface area contributed by atoms with Crippen molar-refractivity contribution in [1.29, 1.82) is 0 Å². The molecule has 6 rings (SSSR count). The van der Waals surface area contributed by atoms with Crippen molar-refractivity contribution in [3.63, 3.8) is 0 Å². The summed E-state index contributed by atoms with van der Waals surface area (Å²) in [7, 11) is 0. The molecule has 0 spiro atoms. The van der Waals surface area contributed by atoms with Crippen LogP contribution in [0.5, 0.6) is 0 Å². The van der Waals surface area contributed by atoms with Gasteiger partial charge in [0.1, 0.15) is 0 Å². The third-order valence-corrected chi connectivity index (χ3v) is 7.55. The van der Waals surface area contributed by atoms with Crippen LogP contribution in [0.4, 0.5) is 0 Å². The van der Waals surface area contributed by atoms with E-state index in [-0.39, 0.29) is 0 Å². The van der Waals surface area contributed by atoms with Crippen LogP contribution in [-0.2, 0) is 6.42 Å². The van der Waals surface area contributed by atoms with Gasteiger partial charge in [-0.15, -0.1) is 0 Å². The quantitative estimate of drug-likeness (QED) is 0.211. The zero-order chi connectivity index (χ0) is 26.2.